The summed E-state index contributed by atoms with van der Waals surface area (Å²) in [5.41, 5.74) is 1.56. The fourth-order valence-corrected chi connectivity index (χ4v) is 2.25. The van der Waals surface area contributed by atoms with Gasteiger partial charge in [-0.05, 0) is 31.1 Å². The summed E-state index contributed by atoms with van der Waals surface area (Å²) in [6, 6.07) is 4.31. The zero-order valence-electron chi connectivity index (χ0n) is 6.17. The molecule has 0 unspecified atom stereocenters. The third-order valence-electron chi connectivity index (χ3n) is 2.78. The summed E-state index contributed by atoms with van der Waals surface area (Å²) in [6.07, 6.45) is 3.31. The van der Waals surface area contributed by atoms with E-state index in [1.165, 1.54) is 0 Å². The van der Waals surface area contributed by atoms with Crippen LogP contribution in [0.1, 0.15) is 19.3 Å². The minimum atomic E-state index is 0.430. The molecule has 0 spiro atoms. The van der Waals surface area contributed by atoms with Crippen LogP contribution < -0.4 is 0 Å². The first-order chi connectivity index (χ1) is 5.36. The number of hydrogen-bond acceptors (Lipinski definition) is 2. The Bertz CT molecular complexity index is 271. The molecule has 54 valence electrons. The first-order valence-corrected chi connectivity index (χ1v) is 3.91. The topological polar surface area (TPSA) is 47.6 Å². The lowest BCUT2D eigenvalue weighted by molar-refractivity contribution is 0.672. The summed E-state index contributed by atoms with van der Waals surface area (Å²) in [7, 11) is 0. The predicted molar refractivity (Wildman–Crippen MR) is 39.1 cm³/mol. The van der Waals surface area contributed by atoms with Gasteiger partial charge in [-0.25, -0.2) is 0 Å². The molecule has 0 aromatic carbocycles. The van der Waals surface area contributed by atoms with Gasteiger partial charge in [0, 0.05) is 11.1 Å². The largest absolute Gasteiger partial charge is 0.193 e. The van der Waals surface area contributed by atoms with Crippen LogP contribution in [0.15, 0.2) is 11.1 Å². The van der Waals surface area contributed by atoms with Gasteiger partial charge < -0.3 is 0 Å². The Balaban J connectivity index is 2.46. The van der Waals surface area contributed by atoms with Crippen LogP contribution in [0, 0.1) is 34.5 Å². The van der Waals surface area contributed by atoms with Crippen LogP contribution in [0.25, 0.3) is 0 Å². The standard InChI is InChI=1S/C9H8N2/c10-4-8-6-1-2-7(3-6)9(8)5-11/h6-7H,1-3H2/t6-,7+. The van der Waals surface area contributed by atoms with E-state index in [1.807, 2.05) is 0 Å². The van der Waals surface area contributed by atoms with Gasteiger partial charge in [0.05, 0.1) is 12.1 Å². The summed E-state index contributed by atoms with van der Waals surface area (Å²) in [6.45, 7) is 0. The maximum atomic E-state index is 8.73. The summed E-state index contributed by atoms with van der Waals surface area (Å²) >= 11 is 0. The highest BCUT2D eigenvalue weighted by molar-refractivity contribution is 5.45. The summed E-state index contributed by atoms with van der Waals surface area (Å²) in [5.74, 6) is 0.860. The summed E-state index contributed by atoms with van der Waals surface area (Å²) in [5, 5.41) is 17.5. The quantitative estimate of drug-likeness (QED) is 0.520. The second kappa shape index (κ2) is 2.10. The average molecular weight is 144 g/mol. The van der Waals surface area contributed by atoms with Crippen molar-refractivity contribution >= 4 is 0 Å². The van der Waals surface area contributed by atoms with Crippen molar-refractivity contribution in [1.29, 1.82) is 10.5 Å². The van der Waals surface area contributed by atoms with E-state index in [0.717, 1.165) is 30.4 Å². The van der Waals surface area contributed by atoms with Crippen molar-refractivity contribution in [3.8, 4) is 12.1 Å². The number of nitriles is 2. The Morgan fingerprint density at radius 2 is 1.45 bits per heavy atom. The number of hydrogen-bond donors (Lipinski definition) is 0. The highest BCUT2D eigenvalue weighted by atomic mass is 14.4. The highest BCUT2D eigenvalue weighted by Gasteiger charge is 2.39. The van der Waals surface area contributed by atoms with E-state index < -0.39 is 0 Å². The first-order valence-electron chi connectivity index (χ1n) is 3.91. The van der Waals surface area contributed by atoms with E-state index in [4.69, 9.17) is 10.5 Å². The number of allylic oxidation sites excluding steroid dienone is 2. The molecule has 2 heteroatoms. The third-order valence-corrected chi connectivity index (χ3v) is 2.78. The van der Waals surface area contributed by atoms with Crippen molar-refractivity contribution in [1.82, 2.24) is 0 Å². The monoisotopic (exact) mass is 144 g/mol. The molecule has 2 aliphatic carbocycles. The van der Waals surface area contributed by atoms with Gasteiger partial charge >= 0.3 is 0 Å². The average Bonchev–Trinajstić information content (AvgIpc) is 2.60. The van der Waals surface area contributed by atoms with Crippen molar-refractivity contribution in [2.75, 3.05) is 0 Å². The van der Waals surface area contributed by atoms with E-state index >= 15 is 0 Å². The van der Waals surface area contributed by atoms with E-state index in [-0.39, 0.29) is 0 Å². The molecule has 2 aliphatic rings. The molecule has 1 fully saturated rings. The van der Waals surface area contributed by atoms with Gasteiger partial charge in [0.25, 0.3) is 0 Å². The van der Waals surface area contributed by atoms with Gasteiger partial charge in [0.2, 0.25) is 0 Å². The third kappa shape index (κ3) is 0.700. The number of rotatable bonds is 0. The molecule has 0 radical (unpaired) electrons. The van der Waals surface area contributed by atoms with Crippen LogP contribution in [0.5, 0.6) is 0 Å². The molecule has 0 heterocycles. The predicted octanol–water partition coefficient (Wildman–Crippen LogP) is 1.76. The Morgan fingerprint density at radius 1 is 1.00 bits per heavy atom. The van der Waals surface area contributed by atoms with Crippen LogP contribution in [-0.4, -0.2) is 0 Å². The molecule has 0 N–H and O–H groups in total. The normalized spacial score (nSPS) is 33.6. The Hall–Kier alpha value is -1.28. The molecule has 0 aromatic heterocycles. The van der Waals surface area contributed by atoms with Gasteiger partial charge in [-0.2, -0.15) is 10.5 Å². The molecular weight excluding hydrogens is 136 g/mol. The summed E-state index contributed by atoms with van der Waals surface area (Å²) < 4.78 is 0. The van der Waals surface area contributed by atoms with Gasteiger partial charge in [-0.3, -0.25) is 0 Å². The van der Waals surface area contributed by atoms with Crippen molar-refractivity contribution in [2.24, 2.45) is 11.8 Å². The zero-order valence-corrected chi connectivity index (χ0v) is 6.17. The smallest absolute Gasteiger partial charge is 0.0960 e. The maximum absolute atomic E-state index is 8.73. The maximum Gasteiger partial charge on any atom is 0.0960 e. The van der Waals surface area contributed by atoms with Crippen molar-refractivity contribution in [3.63, 3.8) is 0 Å². The number of fused-ring (bicyclic) bond motifs is 2. The lowest BCUT2D eigenvalue weighted by Gasteiger charge is -2.07. The lowest BCUT2D eigenvalue weighted by Crippen LogP contribution is -1.99. The Kier molecular flexibility index (Phi) is 1.23. The fraction of sp³-hybridized carbons (Fsp3) is 0.556. The molecule has 2 atom stereocenters. The first kappa shape index (κ1) is 6.43. The van der Waals surface area contributed by atoms with E-state index in [2.05, 4.69) is 12.1 Å². The van der Waals surface area contributed by atoms with E-state index in [1.54, 1.807) is 0 Å². The fourth-order valence-electron chi connectivity index (χ4n) is 2.25. The van der Waals surface area contributed by atoms with Gasteiger partial charge in [0.15, 0.2) is 0 Å². The van der Waals surface area contributed by atoms with Gasteiger partial charge in [0.1, 0.15) is 0 Å². The molecule has 0 aliphatic heterocycles. The molecule has 1 saturated carbocycles. The highest BCUT2D eigenvalue weighted by Crippen LogP contribution is 2.47. The van der Waals surface area contributed by atoms with Gasteiger partial charge in [-0.15, -0.1) is 0 Å². The van der Waals surface area contributed by atoms with E-state index in [0.29, 0.717) is 11.8 Å². The second-order valence-corrected chi connectivity index (χ2v) is 3.26. The molecular formula is C9H8N2. The molecule has 2 rings (SSSR count). The zero-order chi connectivity index (χ0) is 7.84. The van der Waals surface area contributed by atoms with Crippen molar-refractivity contribution in [2.45, 2.75) is 19.3 Å². The van der Waals surface area contributed by atoms with Gasteiger partial charge in [-0.1, -0.05) is 0 Å². The van der Waals surface area contributed by atoms with Crippen LogP contribution >= 0.6 is 0 Å². The molecule has 0 amide bonds. The molecule has 0 aromatic rings. The molecule has 0 saturated heterocycles. The van der Waals surface area contributed by atoms with Crippen molar-refractivity contribution in [3.05, 3.63) is 11.1 Å². The second-order valence-electron chi connectivity index (χ2n) is 3.26. The van der Waals surface area contributed by atoms with E-state index in [9.17, 15) is 0 Å². The molecule has 2 bridgehead atoms. The van der Waals surface area contributed by atoms with Crippen molar-refractivity contribution < 1.29 is 0 Å². The lowest BCUT2D eigenvalue weighted by atomic mass is 9.93. The molecule has 2 nitrogen and oxygen atoms in total. The minimum Gasteiger partial charge on any atom is -0.193 e. The van der Waals surface area contributed by atoms with Crippen LogP contribution in [0.4, 0.5) is 0 Å². The van der Waals surface area contributed by atoms with Crippen LogP contribution in [0.3, 0.4) is 0 Å². The SMILES string of the molecule is N#CC1=C(C#N)[C@H]2CC[C@@H]1C2. The number of nitrogens with zero attached hydrogens (tertiary/aromatic N) is 2. The van der Waals surface area contributed by atoms with Crippen LogP contribution in [-0.2, 0) is 0 Å². The molecule has 11 heavy (non-hydrogen) atoms. The summed E-state index contributed by atoms with van der Waals surface area (Å²) in [4.78, 5) is 0. The minimum absolute atomic E-state index is 0.430. The van der Waals surface area contributed by atoms with Crippen LogP contribution in [0.2, 0.25) is 0 Å². The Morgan fingerprint density at radius 3 is 1.82 bits per heavy atom. The Labute approximate surface area is 65.7 Å².